The minimum atomic E-state index is -3.65. The summed E-state index contributed by atoms with van der Waals surface area (Å²) in [5, 5.41) is 34.1. The Kier molecular flexibility index (Phi) is 16.1. The Morgan fingerprint density at radius 3 is 1.89 bits per heavy atom. The molecule has 1 aromatic heterocycles. The summed E-state index contributed by atoms with van der Waals surface area (Å²) in [6.07, 6.45) is 0.720. The van der Waals surface area contributed by atoms with Crippen molar-refractivity contribution in [1.82, 2.24) is 5.16 Å². The van der Waals surface area contributed by atoms with Gasteiger partial charge in [0.2, 0.25) is 15.8 Å². The van der Waals surface area contributed by atoms with Crippen molar-refractivity contribution in [1.29, 1.82) is 0 Å². The van der Waals surface area contributed by atoms with Gasteiger partial charge in [-0.05, 0) is 56.5 Å². The molecule has 0 saturated heterocycles. The van der Waals surface area contributed by atoms with Gasteiger partial charge in [-0.15, -0.1) is 0 Å². The average molecular weight is 641 g/mol. The topological polar surface area (TPSA) is 161 Å². The van der Waals surface area contributed by atoms with Crippen LogP contribution in [0.5, 0.6) is 0 Å². The lowest BCUT2D eigenvalue weighted by molar-refractivity contribution is -0.179. The Hall–Kier alpha value is -4.32. The number of aryl methyl sites for hydroxylation is 2. The van der Waals surface area contributed by atoms with E-state index >= 15 is 0 Å². The summed E-state index contributed by atoms with van der Waals surface area (Å²) in [4.78, 5) is 5.05. The third-order valence-electron chi connectivity index (χ3n) is 6.44. The highest BCUT2D eigenvalue weighted by molar-refractivity contribution is 7.89. The first-order valence-corrected chi connectivity index (χ1v) is 14.7. The number of hydrogen-bond acceptors (Lipinski definition) is 9. The summed E-state index contributed by atoms with van der Waals surface area (Å²) < 4.78 is 27.3. The van der Waals surface area contributed by atoms with Gasteiger partial charge in [-0.1, -0.05) is 111 Å². The molecule has 11 heteroatoms. The fraction of sp³-hybridized carbons (Fsp3) is 0.324. The first-order valence-electron chi connectivity index (χ1n) is 13.1. The number of oxime groups is 2. The zero-order valence-electron chi connectivity index (χ0n) is 24.2. The van der Waals surface area contributed by atoms with Gasteiger partial charge in [0.05, 0.1) is 27.9 Å². The van der Waals surface area contributed by atoms with Gasteiger partial charge in [0, 0.05) is 18.9 Å². The molecule has 0 radical (unpaired) electrons. The number of nitrogens with zero attached hydrogens (tertiary/aromatic N) is 3. The number of sulfonamides is 1. The van der Waals surface area contributed by atoms with Gasteiger partial charge in [-0.25, -0.2) is 13.6 Å². The second kappa shape index (κ2) is 17.8. The molecule has 2 atom stereocenters. The summed E-state index contributed by atoms with van der Waals surface area (Å²) in [5.74, 6) is -0.680. The minimum absolute atomic E-state index is 0. The second-order valence-electron chi connectivity index (χ2n) is 9.99. The van der Waals surface area contributed by atoms with Gasteiger partial charge < -0.3 is 19.7 Å². The fourth-order valence-electron chi connectivity index (χ4n) is 4.49. The summed E-state index contributed by atoms with van der Waals surface area (Å²) in [5.41, 5.74) is 6.24. The number of aromatic nitrogens is 1. The Balaban J connectivity index is 0.000000638. The van der Waals surface area contributed by atoms with Crippen LogP contribution < -0.4 is 5.14 Å². The number of nitrogens with two attached hydrogens (primary N) is 1. The van der Waals surface area contributed by atoms with Crippen LogP contribution in [0, 0.1) is 13.8 Å². The number of aliphatic hydroxyl groups is 1. The second-order valence-corrected chi connectivity index (χ2v) is 11.5. The Labute approximate surface area is 268 Å². The Bertz CT molecular complexity index is 1600. The number of rotatable bonds is 5. The van der Waals surface area contributed by atoms with E-state index in [-0.39, 0.29) is 33.1 Å². The maximum absolute atomic E-state index is 11.1. The highest BCUT2D eigenvalue weighted by atomic mass is 32.2. The van der Waals surface area contributed by atoms with Crippen molar-refractivity contribution in [2.24, 2.45) is 15.5 Å². The average Bonchev–Trinajstić information content (AvgIpc) is 3.45. The zero-order valence-corrected chi connectivity index (χ0v) is 25.0. The molecule has 10 nitrogen and oxygen atoms in total. The predicted octanol–water partition coefficient (Wildman–Crippen LogP) is 7.48. The van der Waals surface area contributed by atoms with Crippen LogP contribution in [0.2, 0.25) is 0 Å². The van der Waals surface area contributed by atoms with Crippen LogP contribution in [0.25, 0.3) is 11.1 Å². The summed E-state index contributed by atoms with van der Waals surface area (Å²) in [6, 6.07) is 26.0. The first kappa shape index (κ1) is 40.7. The standard InChI is InChI=1S/C11H12N2O3S.C11H13NO2.C9H11NO.3CH4/c1-7-11(8(2)16-13-7)9-3-5-10(6-4-9)17(12,14)15;1-8-10(11(2,13)14-12-8)9-6-4-3-5-7-9;1-8(10-11)7-9-5-3-2-4-6-9;;;/h3-6H,1-2H3,(H2,12,14,15);3-7,10,13H,1-2H3;2-6,11H,7H2,1H3;3*1H4/b;;10-8+;;;. The van der Waals surface area contributed by atoms with E-state index in [4.69, 9.17) is 19.7 Å². The molecule has 4 aromatic rings. The maximum Gasteiger partial charge on any atom is 0.243 e. The van der Waals surface area contributed by atoms with Crippen molar-refractivity contribution >= 4 is 21.4 Å². The zero-order chi connectivity index (χ0) is 30.9. The molecule has 2 heterocycles. The normalized spacial score (nSPS) is 16.9. The van der Waals surface area contributed by atoms with Crippen molar-refractivity contribution in [2.45, 2.75) is 79.9 Å². The van der Waals surface area contributed by atoms with Crippen molar-refractivity contribution in [2.75, 3.05) is 0 Å². The summed E-state index contributed by atoms with van der Waals surface area (Å²) in [7, 11) is -3.65. The SMILES string of the molecule is C.C.C.C/C(Cc1ccccc1)=N\O.CC1=NOC(C)(O)C1c1ccccc1.Cc1noc(C)c1-c1ccc(S(N)(=O)=O)cc1. The molecule has 1 aliphatic heterocycles. The largest absolute Gasteiger partial charge is 0.411 e. The van der Waals surface area contributed by atoms with Crippen molar-refractivity contribution < 1.29 is 28.1 Å². The van der Waals surface area contributed by atoms with Crippen LogP contribution in [0.4, 0.5) is 0 Å². The fourth-order valence-corrected chi connectivity index (χ4v) is 5.00. The smallest absolute Gasteiger partial charge is 0.243 e. The lowest BCUT2D eigenvalue weighted by Gasteiger charge is -2.23. The third-order valence-corrected chi connectivity index (χ3v) is 7.37. The van der Waals surface area contributed by atoms with E-state index in [1.165, 1.54) is 17.7 Å². The van der Waals surface area contributed by atoms with Gasteiger partial charge in [0.1, 0.15) is 5.76 Å². The molecular weight excluding hydrogens is 592 g/mol. The van der Waals surface area contributed by atoms with Gasteiger partial charge >= 0.3 is 0 Å². The van der Waals surface area contributed by atoms with E-state index in [2.05, 4.69) is 15.5 Å². The van der Waals surface area contributed by atoms with Crippen molar-refractivity contribution in [3.05, 3.63) is 108 Å². The maximum atomic E-state index is 11.1. The van der Waals surface area contributed by atoms with Crippen LogP contribution >= 0.6 is 0 Å². The molecule has 1 aliphatic rings. The number of benzene rings is 3. The Morgan fingerprint density at radius 2 is 1.47 bits per heavy atom. The molecule has 246 valence electrons. The monoisotopic (exact) mass is 640 g/mol. The van der Waals surface area contributed by atoms with Crippen LogP contribution in [0.3, 0.4) is 0 Å². The van der Waals surface area contributed by atoms with E-state index in [0.717, 1.165) is 40.2 Å². The van der Waals surface area contributed by atoms with Gasteiger partial charge in [-0.3, -0.25) is 0 Å². The van der Waals surface area contributed by atoms with Gasteiger partial charge in [-0.2, -0.15) is 0 Å². The lowest BCUT2D eigenvalue weighted by atomic mass is 9.88. The molecule has 0 spiro atoms. The molecule has 0 saturated carbocycles. The summed E-state index contributed by atoms with van der Waals surface area (Å²) in [6.45, 7) is 8.93. The molecule has 45 heavy (non-hydrogen) atoms. The molecule has 0 bridgehead atoms. The van der Waals surface area contributed by atoms with Crippen molar-refractivity contribution in [3.8, 4) is 11.1 Å². The highest BCUT2D eigenvalue weighted by Gasteiger charge is 2.42. The molecule has 5 rings (SSSR count). The van der Waals surface area contributed by atoms with Gasteiger partial charge in [0.15, 0.2) is 0 Å². The molecule has 3 aromatic carbocycles. The molecule has 0 fully saturated rings. The molecule has 0 amide bonds. The Morgan fingerprint density at radius 1 is 0.933 bits per heavy atom. The van der Waals surface area contributed by atoms with Crippen LogP contribution in [-0.2, 0) is 21.3 Å². The molecule has 2 unspecified atom stereocenters. The lowest BCUT2D eigenvalue weighted by Crippen LogP contribution is -2.32. The quantitative estimate of drug-likeness (QED) is 0.116. The van der Waals surface area contributed by atoms with E-state index in [0.29, 0.717) is 5.76 Å². The molecular formula is C34H48N4O6S. The van der Waals surface area contributed by atoms with E-state index < -0.39 is 15.8 Å². The first-order chi connectivity index (χ1) is 19.8. The number of hydrogen-bond donors (Lipinski definition) is 3. The predicted molar refractivity (Wildman–Crippen MR) is 182 cm³/mol. The van der Waals surface area contributed by atoms with E-state index in [9.17, 15) is 13.5 Å². The van der Waals surface area contributed by atoms with Crippen LogP contribution in [0.1, 0.15) is 71.6 Å². The minimum Gasteiger partial charge on any atom is -0.411 e. The van der Waals surface area contributed by atoms with E-state index in [1.54, 1.807) is 26.0 Å². The third kappa shape index (κ3) is 11.3. The molecule has 0 aliphatic carbocycles. The van der Waals surface area contributed by atoms with E-state index in [1.807, 2.05) is 81.4 Å². The van der Waals surface area contributed by atoms with Gasteiger partial charge in [0.25, 0.3) is 0 Å². The molecule has 4 N–H and O–H groups in total. The van der Waals surface area contributed by atoms with Crippen LogP contribution in [-0.4, -0.2) is 41.1 Å². The summed E-state index contributed by atoms with van der Waals surface area (Å²) >= 11 is 0. The number of primary sulfonamides is 1. The van der Waals surface area contributed by atoms with Crippen molar-refractivity contribution in [3.63, 3.8) is 0 Å². The van der Waals surface area contributed by atoms with Crippen LogP contribution in [0.15, 0.2) is 105 Å². The highest BCUT2D eigenvalue weighted by Crippen LogP contribution is 2.35.